The van der Waals surface area contributed by atoms with Crippen molar-refractivity contribution in [3.8, 4) is 6.07 Å². The molecule has 1 aliphatic heterocycles. The normalized spacial score (nSPS) is 22.1. The van der Waals surface area contributed by atoms with Crippen molar-refractivity contribution in [2.75, 3.05) is 25.4 Å². The van der Waals surface area contributed by atoms with Crippen LogP contribution in [-0.4, -0.2) is 41.4 Å². The van der Waals surface area contributed by atoms with Gasteiger partial charge in [-0.1, -0.05) is 12.8 Å². The molecule has 134 valence electrons. The number of benzene rings is 1. The summed E-state index contributed by atoms with van der Waals surface area (Å²) in [5, 5.41) is 9.16. The molecule has 1 saturated heterocycles. The minimum absolute atomic E-state index is 0.235. The summed E-state index contributed by atoms with van der Waals surface area (Å²) >= 11 is 0. The SMILES string of the molecule is Cc1c(N)cc(C#N)cc1CN1CCN(C(=O)C2CCCC2)[C@@H](C)C1. The Balaban J connectivity index is 1.65. The summed E-state index contributed by atoms with van der Waals surface area (Å²) in [6.07, 6.45) is 4.51. The van der Waals surface area contributed by atoms with Crippen LogP contribution in [0.5, 0.6) is 0 Å². The molecule has 2 N–H and O–H groups in total. The Labute approximate surface area is 150 Å². The molecule has 1 aromatic rings. The lowest BCUT2D eigenvalue weighted by Crippen LogP contribution is -2.54. The van der Waals surface area contributed by atoms with E-state index in [1.807, 2.05) is 13.0 Å². The number of nitrogens with two attached hydrogens (primary N) is 1. The molecule has 1 atom stereocenters. The average Bonchev–Trinajstić information content (AvgIpc) is 3.13. The number of nitrogens with zero attached hydrogens (tertiary/aromatic N) is 3. The zero-order valence-electron chi connectivity index (χ0n) is 15.3. The van der Waals surface area contributed by atoms with Gasteiger partial charge in [0, 0.05) is 43.8 Å². The topological polar surface area (TPSA) is 73.4 Å². The fraction of sp³-hybridized carbons (Fsp3) is 0.600. The number of amides is 1. The van der Waals surface area contributed by atoms with Crippen LogP contribution in [0.3, 0.4) is 0 Å². The number of hydrogen-bond acceptors (Lipinski definition) is 4. The van der Waals surface area contributed by atoms with Gasteiger partial charge in [0.1, 0.15) is 0 Å². The van der Waals surface area contributed by atoms with Crippen LogP contribution in [0.2, 0.25) is 0 Å². The largest absolute Gasteiger partial charge is 0.398 e. The number of piperazine rings is 1. The fourth-order valence-corrected chi connectivity index (χ4v) is 4.18. The van der Waals surface area contributed by atoms with Crippen molar-refractivity contribution in [1.29, 1.82) is 5.26 Å². The molecule has 2 fully saturated rings. The predicted molar refractivity (Wildman–Crippen MR) is 98.7 cm³/mol. The number of nitrogen functional groups attached to an aromatic ring is 1. The minimum Gasteiger partial charge on any atom is -0.398 e. The summed E-state index contributed by atoms with van der Waals surface area (Å²) < 4.78 is 0. The number of carbonyl (C=O) groups excluding carboxylic acids is 1. The van der Waals surface area contributed by atoms with E-state index in [-0.39, 0.29) is 12.0 Å². The van der Waals surface area contributed by atoms with Crippen LogP contribution in [0.1, 0.15) is 49.3 Å². The van der Waals surface area contributed by atoms with Gasteiger partial charge >= 0.3 is 0 Å². The fourth-order valence-electron chi connectivity index (χ4n) is 4.18. The van der Waals surface area contributed by atoms with Crippen LogP contribution in [0, 0.1) is 24.2 Å². The standard InChI is InChI=1S/C20H28N4O/c1-14-12-23(7-8-24(14)20(25)17-5-3-4-6-17)13-18-9-16(11-21)10-19(22)15(18)2/h9-10,14,17H,3-8,12-13,22H2,1-2H3/t14-/m0/s1. The van der Waals surface area contributed by atoms with Gasteiger partial charge in [0.05, 0.1) is 11.6 Å². The molecule has 2 aliphatic rings. The van der Waals surface area contributed by atoms with Crippen molar-refractivity contribution in [2.24, 2.45) is 5.92 Å². The van der Waals surface area contributed by atoms with Gasteiger partial charge in [0.2, 0.25) is 5.91 Å². The third-order valence-corrected chi connectivity index (χ3v) is 5.78. The summed E-state index contributed by atoms with van der Waals surface area (Å²) in [6, 6.07) is 6.09. The van der Waals surface area contributed by atoms with Crippen LogP contribution in [0.4, 0.5) is 5.69 Å². The van der Waals surface area contributed by atoms with Gasteiger partial charge in [0.25, 0.3) is 0 Å². The van der Waals surface area contributed by atoms with Gasteiger partial charge in [-0.05, 0) is 49.9 Å². The summed E-state index contributed by atoms with van der Waals surface area (Å²) in [5.41, 5.74) is 9.49. The van der Waals surface area contributed by atoms with Gasteiger partial charge in [0.15, 0.2) is 0 Å². The van der Waals surface area contributed by atoms with E-state index in [1.54, 1.807) is 6.07 Å². The molecule has 0 aromatic heterocycles. The van der Waals surface area contributed by atoms with E-state index in [4.69, 9.17) is 11.0 Å². The molecule has 0 radical (unpaired) electrons. The number of rotatable bonds is 3. The molecule has 1 heterocycles. The highest BCUT2D eigenvalue weighted by atomic mass is 16.2. The second kappa shape index (κ2) is 7.45. The Kier molecular flexibility index (Phi) is 5.29. The van der Waals surface area contributed by atoms with Gasteiger partial charge in [-0.25, -0.2) is 0 Å². The van der Waals surface area contributed by atoms with Crippen LogP contribution >= 0.6 is 0 Å². The third kappa shape index (κ3) is 3.80. The van der Waals surface area contributed by atoms with Crippen molar-refractivity contribution in [1.82, 2.24) is 9.80 Å². The van der Waals surface area contributed by atoms with Gasteiger partial charge < -0.3 is 10.6 Å². The second-order valence-corrected chi connectivity index (χ2v) is 7.56. The molecule has 0 bridgehead atoms. The van der Waals surface area contributed by atoms with Crippen molar-refractivity contribution >= 4 is 11.6 Å². The number of carbonyl (C=O) groups is 1. The third-order valence-electron chi connectivity index (χ3n) is 5.78. The van der Waals surface area contributed by atoms with Gasteiger partial charge in [-0.2, -0.15) is 5.26 Å². The van der Waals surface area contributed by atoms with E-state index in [0.717, 1.165) is 50.1 Å². The van der Waals surface area contributed by atoms with Crippen LogP contribution in [0.15, 0.2) is 12.1 Å². The summed E-state index contributed by atoms with van der Waals surface area (Å²) in [7, 11) is 0. The highest BCUT2D eigenvalue weighted by Gasteiger charge is 2.33. The molecule has 3 rings (SSSR count). The number of hydrogen-bond donors (Lipinski definition) is 1. The monoisotopic (exact) mass is 340 g/mol. The van der Waals surface area contributed by atoms with Crippen molar-refractivity contribution in [2.45, 2.75) is 52.1 Å². The van der Waals surface area contributed by atoms with Gasteiger partial charge in [-0.15, -0.1) is 0 Å². The van der Waals surface area contributed by atoms with E-state index in [9.17, 15) is 4.79 Å². The van der Waals surface area contributed by atoms with Crippen molar-refractivity contribution in [3.05, 3.63) is 28.8 Å². The van der Waals surface area contributed by atoms with Crippen molar-refractivity contribution in [3.63, 3.8) is 0 Å². The lowest BCUT2D eigenvalue weighted by Gasteiger charge is -2.41. The Bertz CT molecular complexity index is 688. The zero-order chi connectivity index (χ0) is 18.0. The summed E-state index contributed by atoms with van der Waals surface area (Å²) in [6.45, 7) is 7.47. The maximum absolute atomic E-state index is 12.7. The summed E-state index contributed by atoms with van der Waals surface area (Å²) in [4.78, 5) is 17.2. The predicted octanol–water partition coefficient (Wildman–Crippen LogP) is 2.67. The lowest BCUT2D eigenvalue weighted by atomic mass is 10.0. The van der Waals surface area contributed by atoms with Crippen LogP contribution in [0.25, 0.3) is 0 Å². The Morgan fingerprint density at radius 3 is 2.68 bits per heavy atom. The van der Waals surface area contributed by atoms with E-state index in [2.05, 4.69) is 22.8 Å². The first-order valence-corrected chi connectivity index (χ1v) is 9.31. The van der Waals surface area contributed by atoms with Crippen molar-refractivity contribution < 1.29 is 4.79 Å². The molecule has 0 spiro atoms. The first-order chi connectivity index (χ1) is 12.0. The van der Waals surface area contributed by atoms with E-state index >= 15 is 0 Å². The van der Waals surface area contributed by atoms with Crippen LogP contribution < -0.4 is 5.73 Å². The zero-order valence-corrected chi connectivity index (χ0v) is 15.3. The molecule has 1 amide bonds. The molecule has 25 heavy (non-hydrogen) atoms. The molecule has 5 nitrogen and oxygen atoms in total. The number of nitriles is 1. The highest BCUT2D eigenvalue weighted by Crippen LogP contribution is 2.28. The molecule has 1 aliphatic carbocycles. The lowest BCUT2D eigenvalue weighted by molar-refractivity contribution is -0.140. The highest BCUT2D eigenvalue weighted by molar-refractivity contribution is 5.79. The van der Waals surface area contributed by atoms with E-state index in [1.165, 1.54) is 12.8 Å². The molecule has 5 heteroatoms. The van der Waals surface area contributed by atoms with Gasteiger partial charge in [-0.3, -0.25) is 9.69 Å². The van der Waals surface area contributed by atoms with E-state index in [0.29, 0.717) is 17.2 Å². The maximum Gasteiger partial charge on any atom is 0.226 e. The quantitative estimate of drug-likeness (QED) is 0.859. The van der Waals surface area contributed by atoms with E-state index < -0.39 is 0 Å². The van der Waals surface area contributed by atoms with Crippen LogP contribution in [-0.2, 0) is 11.3 Å². The average molecular weight is 340 g/mol. The molecule has 1 saturated carbocycles. The first kappa shape index (κ1) is 17.8. The maximum atomic E-state index is 12.7. The second-order valence-electron chi connectivity index (χ2n) is 7.56. The number of anilines is 1. The summed E-state index contributed by atoms with van der Waals surface area (Å²) in [5.74, 6) is 0.611. The molecular weight excluding hydrogens is 312 g/mol. The smallest absolute Gasteiger partial charge is 0.226 e. The molecular formula is C20H28N4O. The Hall–Kier alpha value is -2.06. The first-order valence-electron chi connectivity index (χ1n) is 9.31. The Morgan fingerprint density at radius 1 is 1.32 bits per heavy atom. The Morgan fingerprint density at radius 2 is 2.04 bits per heavy atom. The molecule has 1 aromatic carbocycles. The molecule has 0 unspecified atom stereocenters. The minimum atomic E-state index is 0.235.